The molecular weight excluding hydrogens is 260 g/mol. The second-order valence-electron chi connectivity index (χ2n) is 5.23. The van der Waals surface area contributed by atoms with Crippen LogP contribution in [0.5, 0.6) is 0 Å². The van der Waals surface area contributed by atoms with E-state index in [0.29, 0.717) is 11.2 Å². The molecule has 0 saturated heterocycles. The summed E-state index contributed by atoms with van der Waals surface area (Å²) >= 11 is 0. The van der Waals surface area contributed by atoms with Gasteiger partial charge in [-0.15, -0.1) is 0 Å². The number of benzene rings is 2. The largest absolute Gasteiger partial charge is 0.385 e. The van der Waals surface area contributed by atoms with Crippen LogP contribution in [0.15, 0.2) is 53.3 Å². The minimum absolute atomic E-state index is 0.0606. The van der Waals surface area contributed by atoms with E-state index in [9.17, 15) is 4.79 Å². The lowest BCUT2D eigenvalue weighted by atomic mass is 10.0. The molecule has 0 radical (unpaired) electrons. The van der Waals surface area contributed by atoms with E-state index in [2.05, 4.69) is 6.92 Å². The van der Waals surface area contributed by atoms with Gasteiger partial charge in [-0.25, -0.2) is 0 Å². The van der Waals surface area contributed by atoms with E-state index >= 15 is 0 Å². The minimum Gasteiger partial charge on any atom is -0.385 e. The Hall–Kier alpha value is -2.55. The molecule has 0 spiro atoms. The molecule has 0 bridgehead atoms. The third-order valence-electron chi connectivity index (χ3n) is 3.88. The number of hydrogen-bond donors (Lipinski definition) is 1. The first kappa shape index (κ1) is 13.4. The highest BCUT2D eigenvalue weighted by atomic mass is 16.1. The number of rotatable bonds is 2. The van der Waals surface area contributed by atoms with E-state index in [4.69, 9.17) is 5.73 Å². The Morgan fingerprint density at radius 3 is 2.62 bits per heavy atom. The summed E-state index contributed by atoms with van der Waals surface area (Å²) < 4.78 is 1.64. The molecule has 3 rings (SSSR count). The number of fused-ring (bicyclic) bond motifs is 1. The lowest BCUT2D eigenvalue weighted by Gasteiger charge is -2.17. The number of nitrogens with zero attached hydrogens (tertiary/aromatic N) is 1. The minimum atomic E-state index is -0.0606. The molecule has 0 saturated carbocycles. The zero-order valence-electron chi connectivity index (χ0n) is 12.3. The fraction of sp³-hybridized carbons (Fsp3) is 0.167. The van der Waals surface area contributed by atoms with Crippen LogP contribution in [0.25, 0.3) is 16.5 Å². The maximum atomic E-state index is 12.9. The van der Waals surface area contributed by atoms with Crippen LogP contribution in [-0.4, -0.2) is 4.57 Å². The SMILES string of the molecule is CCc1cccc(C)c1-n1c(N)cc2ccccc2c1=O. The van der Waals surface area contributed by atoms with Crippen molar-refractivity contribution in [3.8, 4) is 5.69 Å². The Balaban J connectivity index is 2.44. The number of nitrogens with two attached hydrogens (primary N) is 1. The van der Waals surface area contributed by atoms with Gasteiger partial charge in [0.2, 0.25) is 0 Å². The molecule has 0 aliphatic carbocycles. The van der Waals surface area contributed by atoms with Gasteiger partial charge in [-0.05, 0) is 42.0 Å². The van der Waals surface area contributed by atoms with E-state index in [-0.39, 0.29) is 5.56 Å². The van der Waals surface area contributed by atoms with E-state index in [1.54, 1.807) is 4.57 Å². The third kappa shape index (κ3) is 2.11. The molecule has 0 amide bonds. The second kappa shape index (κ2) is 5.09. The van der Waals surface area contributed by atoms with Gasteiger partial charge in [0, 0.05) is 5.39 Å². The summed E-state index contributed by atoms with van der Waals surface area (Å²) in [5, 5.41) is 1.57. The number of pyridine rings is 1. The summed E-state index contributed by atoms with van der Waals surface area (Å²) in [6.07, 6.45) is 0.857. The molecule has 21 heavy (non-hydrogen) atoms. The lowest BCUT2D eigenvalue weighted by molar-refractivity contribution is 0.967. The molecule has 3 aromatic rings. The highest BCUT2D eigenvalue weighted by Crippen LogP contribution is 2.23. The normalized spacial score (nSPS) is 11.0. The van der Waals surface area contributed by atoms with Gasteiger partial charge in [-0.1, -0.05) is 43.3 Å². The van der Waals surface area contributed by atoms with Crippen LogP contribution in [0.1, 0.15) is 18.1 Å². The molecule has 0 aliphatic heterocycles. The first-order chi connectivity index (χ1) is 10.1. The van der Waals surface area contributed by atoms with Crippen molar-refractivity contribution in [2.24, 2.45) is 0 Å². The molecule has 2 N–H and O–H groups in total. The Bertz CT molecular complexity index is 878. The zero-order chi connectivity index (χ0) is 15.0. The maximum Gasteiger partial charge on any atom is 0.264 e. The molecule has 0 fully saturated rings. The van der Waals surface area contributed by atoms with Gasteiger partial charge in [-0.3, -0.25) is 9.36 Å². The van der Waals surface area contributed by atoms with Crippen LogP contribution in [-0.2, 0) is 6.42 Å². The van der Waals surface area contributed by atoms with Crippen LogP contribution in [0.2, 0.25) is 0 Å². The molecule has 0 unspecified atom stereocenters. The summed E-state index contributed by atoms with van der Waals surface area (Å²) in [6.45, 7) is 4.09. The summed E-state index contributed by atoms with van der Waals surface area (Å²) in [5.74, 6) is 0.475. The van der Waals surface area contributed by atoms with Gasteiger partial charge in [0.15, 0.2) is 0 Å². The maximum absolute atomic E-state index is 12.9. The first-order valence-electron chi connectivity index (χ1n) is 7.12. The Morgan fingerprint density at radius 2 is 1.86 bits per heavy atom. The average molecular weight is 278 g/mol. The van der Waals surface area contributed by atoms with Crippen molar-refractivity contribution in [3.05, 3.63) is 70.0 Å². The fourth-order valence-electron chi connectivity index (χ4n) is 2.83. The highest BCUT2D eigenvalue weighted by Gasteiger charge is 2.13. The van der Waals surface area contributed by atoms with Crippen LogP contribution < -0.4 is 11.3 Å². The third-order valence-corrected chi connectivity index (χ3v) is 3.88. The first-order valence-corrected chi connectivity index (χ1v) is 7.12. The van der Waals surface area contributed by atoms with Crippen LogP contribution in [0, 0.1) is 6.92 Å². The van der Waals surface area contributed by atoms with E-state index in [1.165, 1.54) is 0 Å². The molecule has 106 valence electrons. The lowest BCUT2D eigenvalue weighted by Crippen LogP contribution is -2.23. The zero-order valence-corrected chi connectivity index (χ0v) is 12.3. The molecule has 1 aromatic heterocycles. The summed E-state index contributed by atoms with van der Waals surface area (Å²) in [4.78, 5) is 12.9. The number of nitrogen functional groups attached to an aromatic ring is 1. The second-order valence-corrected chi connectivity index (χ2v) is 5.23. The van der Waals surface area contributed by atoms with Gasteiger partial charge < -0.3 is 5.73 Å². The molecule has 2 aromatic carbocycles. The highest BCUT2D eigenvalue weighted by molar-refractivity contribution is 5.84. The predicted molar refractivity (Wildman–Crippen MR) is 88.1 cm³/mol. The fourth-order valence-corrected chi connectivity index (χ4v) is 2.83. The van der Waals surface area contributed by atoms with Crippen molar-refractivity contribution in [3.63, 3.8) is 0 Å². The molecule has 0 atom stereocenters. The number of anilines is 1. The Labute approximate surface area is 123 Å². The quantitative estimate of drug-likeness (QED) is 0.780. The Morgan fingerprint density at radius 1 is 1.10 bits per heavy atom. The molecule has 3 nitrogen and oxygen atoms in total. The molecule has 3 heteroatoms. The summed E-state index contributed by atoms with van der Waals surface area (Å²) in [6, 6.07) is 15.5. The van der Waals surface area contributed by atoms with Crippen LogP contribution in [0.3, 0.4) is 0 Å². The number of aromatic nitrogens is 1. The predicted octanol–water partition coefficient (Wildman–Crippen LogP) is 3.44. The van der Waals surface area contributed by atoms with Gasteiger partial charge in [0.1, 0.15) is 5.82 Å². The Kier molecular flexibility index (Phi) is 3.26. The molecule has 1 heterocycles. The monoisotopic (exact) mass is 278 g/mol. The van der Waals surface area contributed by atoms with Crippen LogP contribution >= 0.6 is 0 Å². The summed E-state index contributed by atoms with van der Waals surface area (Å²) in [5.41, 5.74) is 9.20. The van der Waals surface area contributed by atoms with E-state index < -0.39 is 0 Å². The van der Waals surface area contributed by atoms with Gasteiger partial charge in [0.25, 0.3) is 5.56 Å². The van der Waals surface area contributed by atoms with Gasteiger partial charge >= 0.3 is 0 Å². The standard InChI is InChI=1S/C18H18N2O/c1-3-13-9-6-7-12(2)17(13)20-16(19)11-14-8-4-5-10-15(14)18(20)21/h4-11H,3,19H2,1-2H3. The number of aryl methyl sites for hydroxylation is 2. The topological polar surface area (TPSA) is 48.0 Å². The van der Waals surface area contributed by atoms with E-state index in [1.807, 2.05) is 55.5 Å². The van der Waals surface area contributed by atoms with Crippen molar-refractivity contribution >= 4 is 16.6 Å². The van der Waals surface area contributed by atoms with Gasteiger partial charge in [0.05, 0.1) is 5.69 Å². The van der Waals surface area contributed by atoms with Crippen molar-refractivity contribution in [2.75, 3.05) is 5.73 Å². The number of para-hydroxylation sites is 1. The smallest absolute Gasteiger partial charge is 0.264 e. The van der Waals surface area contributed by atoms with Crippen molar-refractivity contribution in [2.45, 2.75) is 20.3 Å². The van der Waals surface area contributed by atoms with Gasteiger partial charge in [-0.2, -0.15) is 0 Å². The average Bonchev–Trinajstić information content (AvgIpc) is 2.48. The van der Waals surface area contributed by atoms with Crippen molar-refractivity contribution in [1.29, 1.82) is 0 Å². The van der Waals surface area contributed by atoms with Crippen LogP contribution in [0.4, 0.5) is 5.82 Å². The van der Waals surface area contributed by atoms with Crippen molar-refractivity contribution in [1.82, 2.24) is 4.57 Å². The van der Waals surface area contributed by atoms with E-state index in [0.717, 1.165) is 28.6 Å². The molecular formula is C18H18N2O. The van der Waals surface area contributed by atoms with Crippen molar-refractivity contribution < 1.29 is 0 Å². The number of hydrogen-bond acceptors (Lipinski definition) is 2. The molecule has 0 aliphatic rings. The summed E-state index contributed by atoms with van der Waals surface area (Å²) in [7, 11) is 0.